The van der Waals surface area contributed by atoms with Crippen LogP contribution in [0.25, 0.3) is 0 Å². The highest BCUT2D eigenvalue weighted by Gasteiger charge is 2.84. The van der Waals surface area contributed by atoms with Crippen molar-refractivity contribution >= 4 is 0 Å². The van der Waals surface area contributed by atoms with Gasteiger partial charge in [0.25, 0.3) is 0 Å². The van der Waals surface area contributed by atoms with Gasteiger partial charge in [-0.1, -0.05) is 13.8 Å². The molecule has 1 aromatic heterocycles. The van der Waals surface area contributed by atoms with Gasteiger partial charge in [0, 0.05) is 17.4 Å². The summed E-state index contributed by atoms with van der Waals surface area (Å²) in [6.07, 6.45) is 12.7. The Bertz CT molecular complexity index is 808. The van der Waals surface area contributed by atoms with Crippen molar-refractivity contribution in [3.63, 3.8) is 0 Å². The molecular weight excluding hydrogens is 380 g/mol. The van der Waals surface area contributed by atoms with Crippen LogP contribution in [0.4, 0.5) is 0 Å². The van der Waals surface area contributed by atoms with Gasteiger partial charge in [-0.05, 0) is 74.2 Å². The van der Waals surface area contributed by atoms with Crippen LogP contribution >= 0.6 is 0 Å². The van der Waals surface area contributed by atoms with Crippen molar-refractivity contribution in [2.75, 3.05) is 13.2 Å². The van der Waals surface area contributed by atoms with Gasteiger partial charge >= 0.3 is 0 Å². The molecule has 2 heterocycles. The molecule has 5 aliphatic rings. The van der Waals surface area contributed by atoms with E-state index in [1.54, 1.807) is 12.5 Å². The summed E-state index contributed by atoms with van der Waals surface area (Å²) >= 11 is 0. The number of aliphatic hydroxyl groups excluding tert-OH is 1. The first-order valence-corrected chi connectivity index (χ1v) is 12.0. The number of aliphatic hydroxyl groups is 2. The van der Waals surface area contributed by atoms with E-state index in [1.165, 1.54) is 25.7 Å². The van der Waals surface area contributed by atoms with Gasteiger partial charge in [0.2, 0.25) is 0 Å². The highest BCUT2D eigenvalue weighted by atomic mass is 16.6. The van der Waals surface area contributed by atoms with E-state index in [0.717, 1.165) is 24.8 Å². The van der Waals surface area contributed by atoms with Gasteiger partial charge < -0.3 is 24.1 Å². The zero-order chi connectivity index (χ0) is 20.8. The number of rotatable bonds is 4. The summed E-state index contributed by atoms with van der Waals surface area (Å²) in [5.74, 6) is 1.90. The summed E-state index contributed by atoms with van der Waals surface area (Å²) in [5.41, 5.74) is 0.00685. The Balaban J connectivity index is 1.29. The fourth-order valence-electron chi connectivity index (χ4n) is 8.99. The number of fused-ring (bicyclic) bond motifs is 3. The number of furan rings is 1. The first-order chi connectivity index (χ1) is 14.4. The zero-order valence-electron chi connectivity index (χ0n) is 18.3. The van der Waals surface area contributed by atoms with Crippen molar-refractivity contribution in [2.45, 2.75) is 88.6 Å². The third kappa shape index (κ3) is 2.23. The molecule has 4 saturated carbocycles. The van der Waals surface area contributed by atoms with E-state index in [4.69, 9.17) is 19.0 Å². The quantitative estimate of drug-likeness (QED) is 0.725. The molecule has 2 N–H and O–H groups in total. The molecule has 6 rings (SSSR count). The van der Waals surface area contributed by atoms with E-state index >= 15 is 0 Å². The molecule has 1 aliphatic heterocycles. The smallest absolute Gasteiger partial charge is 0.106 e. The number of ether oxygens (including phenoxy) is 2. The van der Waals surface area contributed by atoms with Crippen molar-refractivity contribution in [1.29, 1.82) is 0 Å². The van der Waals surface area contributed by atoms with Crippen LogP contribution in [0.1, 0.15) is 70.8 Å². The molecular formula is C25H36O5. The Morgan fingerprint density at radius 2 is 2.00 bits per heavy atom. The number of hydrogen-bond donors (Lipinski definition) is 2. The molecule has 30 heavy (non-hydrogen) atoms. The molecule has 0 amide bonds. The van der Waals surface area contributed by atoms with Gasteiger partial charge in [-0.25, -0.2) is 0 Å². The predicted molar refractivity (Wildman–Crippen MR) is 111 cm³/mol. The Kier molecular flexibility index (Phi) is 4.18. The van der Waals surface area contributed by atoms with Crippen LogP contribution < -0.4 is 0 Å². The van der Waals surface area contributed by atoms with Crippen molar-refractivity contribution in [1.82, 2.24) is 0 Å². The molecule has 1 unspecified atom stereocenters. The average molecular weight is 417 g/mol. The molecule has 0 bridgehead atoms. The fourth-order valence-corrected chi connectivity index (χ4v) is 8.99. The van der Waals surface area contributed by atoms with Crippen molar-refractivity contribution in [3.8, 4) is 0 Å². The molecule has 166 valence electrons. The monoisotopic (exact) mass is 416 g/mol. The maximum Gasteiger partial charge on any atom is 0.106 e. The maximum atomic E-state index is 11.9. The Morgan fingerprint density at radius 1 is 1.13 bits per heavy atom. The van der Waals surface area contributed by atoms with Gasteiger partial charge in [0.15, 0.2) is 0 Å². The molecule has 1 aromatic rings. The number of hydrogen-bond acceptors (Lipinski definition) is 5. The van der Waals surface area contributed by atoms with Gasteiger partial charge in [-0.15, -0.1) is 0 Å². The van der Waals surface area contributed by atoms with E-state index in [0.29, 0.717) is 42.3 Å². The lowest BCUT2D eigenvalue weighted by molar-refractivity contribution is -0.195. The van der Waals surface area contributed by atoms with Crippen molar-refractivity contribution < 1.29 is 24.1 Å². The van der Waals surface area contributed by atoms with Crippen molar-refractivity contribution in [2.24, 2.45) is 28.6 Å². The van der Waals surface area contributed by atoms with Crippen molar-refractivity contribution in [3.05, 3.63) is 24.2 Å². The molecule has 9 atom stereocenters. The Labute approximate surface area is 179 Å². The third-order valence-electron chi connectivity index (χ3n) is 10.6. The number of epoxide rings is 1. The van der Waals surface area contributed by atoms with Gasteiger partial charge in [-0.2, -0.15) is 0 Å². The molecule has 0 radical (unpaired) electrons. The summed E-state index contributed by atoms with van der Waals surface area (Å²) in [7, 11) is 0. The normalized spacial score (nSPS) is 54.1. The Hall–Kier alpha value is -0.880. The lowest BCUT2D eigenvalue weighted by Gasteiger charge is -2.62. The largest absolute Gasteiger partial charge is 0.472 e. The first-order valence-electron chi connectivity index (χ1n) is 12.0. The first kappa shape index (κ1) is 19.8. The Morgan fingerprint density at radius 3 is 2.77 bits per heavy atom. The highest BCUT2D eigenvalue weighted by Crippen LogP contribution is 2.79. The van der Waals surface area contributed by atoms with E-state index in [9.17, 15) is 5.11 Å². The topological polar surface area (TPSA) is 75.4 Å². The van der Waals surface area contributed by atoms with E-state index in [-0.39, 0.29) is 23.7 Å². The second-order valence-electron chi connectivity index (χ2n) is 11.3. The van der Waals surface area contributed by atoms with E-state index in [2.05, 4.69) is 13.8 Å². The standard InChI is InChI=1S/C25H36O5/c1-22-8-5-18(29-12-10-26)13-16(22)3-4-20-19(22)6-9-23(2)24(27,17-7-11-28-15-17)14-21-25(20,23)30-21/h7,11,15-16,18-21,26-27H,3-6,8-10,12-14H2,1-2H3/t16-,18+,19+,20-,21?,22+,23-,24+,25-/m1/s1. The van der Waals surface area contributed by atoms with E-state index in [1.807, 2.05) is 6.07 Å². The molecule has 5 nitrogen and oxygen atoms in total. The zero-order valence-corrected chi connectivity index (χ0v) is 18.3. The maximum absolute atomic E-state index is 11.9. The molecule has 5 fully saturated rings. The van der Waals surface area contributed by atoms with Crippen LogP contribution in [0.15, 0.2) is 23.0 Å². The fraction of sp³-hybridized carbons (Fsp3) is 0.840. The van der Waals surface area contributed by atoms with Crippen LogP contribution in [0, 0.1) is 28.6 Å². The molecule has 1 saturated heterocycles. The second-order valence-corrected chi connectivity index (χ2v) is 11.3. The molecule has 4 aliphatic carbocycles. The summed E-state index contributed by atoms with van der Waals surface area (Å²) < 4.78 is 17.9. The average Bonchev–Trinajstić information content (AvgIpc) is 3.11. The second kappa shape index (κ2) is 6.34. The minimum absolute atomic E-state index is 0.114. The minimum atomic E-state index is -0.846. The highest BCUT2D eigenvalue weighted by molar-refractivity contribution is 5.37. The predicted octanol–water partition coefficient (Wildman–Crippen LogP) is 4.02. The van der Waals surface area contributed by atoms with Crippen LogP contribution in [0.3, 0.4) is 0 Å². The van der Waals surface area contributed by atoms with Crippen LogP contribution in [0.5, 0.6) is 0 Å². The van der Waals surface area contributed by atoms with Gasteiger partial charge in [0.1, 0.15) is 11.2 Å². The minimum Gasteiger partial charge on any atom is -0.472 e. The molecule has 5 heteroatoms. The summed E-state index contributed by atoms with van der Waals surface area (Å²) in [4.78, 5) is 0. The van der Waals surface area contributed by atoms with Gasteiger partial charge in [0.05, 0.1) is 37.9 Å². The van der Waals surface area contributed by atoms with Crippen LogP contribution in [-0.4, -0.2) is 41.2 Å². The molecule has 0 aromatic carbocycles. The van der Waals surface area contributed by atoms with Gasteiger partial charge in [-0.3, -0.25) is 0 Å². The van der Waals surface area contributed by atoms with E-state index < -0.39 is 5.60 Å². The lowest BCUT2D eigenvalue weighted by Crippen LogP contribution is -2.61. The summed E-state index contributed by atoms with van der Waals surface area (Å²) in [5, 5.41) is 21.1. The molecule has 1 spiro atoms. The summed E-state index contributed by atoms with van der Waals surface area (Å²) in [6, 6.07) is 1.95. The third-order valence-corrected chi connectivity index (χ3v) is 10.6. The van der Waals surface area contributed by atoms with Crippen LogP contribution in [-0.2, 0) is 15.1 Å². The lowest BCUT2D eigenvalue weighted by atomic mass is 9.43. The SMILES string of the molecule is C[C@]12CC[C@H](OCCO)C[C@H]1CC[C@@H]1[C@@H]2CC[C@]2(C)[C@@](O)(c3ccoc3)CC3O[C@@]312. The summed E-state index contributed by atoms with van der Waals surface area (Å²) in [6.45, 7) is 5.40. The van der Waals surface area contributed by atoms with Crippen LogP contribution in [0.2, 0.25) is 0 Å².